The number of aliphatic hydroxyl groups excluding tert-OH is 2. The van der Waals surface area contributed by atoms with Crippen LogP contribution in [0.4, 0.5) is 5.69 Å². The number of nitrogens with one attached hydrogen (secondary N) is 2. The van der Waals surface area contributed by atoms with Gasteiger partial charge in [-0.15, -0.1) is 0 Å². The van der Waals surface area contributed by atoms with Crippen molar-refractivity contribution >= 4 is 5.69 Å². The molecule has 132 valence electrons. The number of phenols is 2. The smallest absolute Gasteiger partial charge is 0.125 e. The summed E-state index contributed by atoms with van der Waals surface area (Å²) >= 11 is 0. The summed E-state index contributed by atoms with van der Waals surface area (Å²) in [5.41, 5.74) is 1.65. The van der Waals surface area contributed by atoms with E-state index in [9.17, 15) is 15.3 Å². The largest absolute Gasteiger partial charge is 0.507 e. The van der Waals surface area contributed by atoms with Crippen molar-refractivity contribution in [1.82, 2.24) is 5.32 Å². The summed E-state index contributed by atoms with van der Waals surface area (Å²) in [5, 5.41) is 46.2. The van der Waals surface area contributed by atoms with Crippen molar-refractivity contribution in [3.8, 4) is 11.5 Å². The van der Waals surface area contributed by atoms with E-state index >= 15 is 0 Å². The van der Waals surface area contributed by atoms with E-state index in [1.807, 2.05) is 26.0 Å². The Balaban J connectivity index is 2.50. The average Bonchev–Trinajstić information content (AvgIpc) is 2.53. The molecule has 24 heavy (non-hydrogen) atoms. The summed E-state index contributed by atoms with van der Waals surface area (Å²) < 4.78 is 0. The van der Waals surface area contributed by atoms with Crippen LogP contribution in [-0.2, 0) is 5.41 Å². The monoisotopic (exact) mass is 334 g/mol. The summed E-state index contributed by atoms with van der Waals surface area (Å²) in [7, 11) is 0. The summed E-state index contributed by atoms with van der Waals surface area (Å²) in [6.45, 7) is 6.54. The zero-order valence-corrected chi connectivity index (χ0v) is 14.3. The van der Waals surface area contributed by atoms with Crippen molar-refractivity contribution in [2.24, 2.45) is 0 Å². The van der Waals surface area contributed by atoms with Gasteiger partial charge >= 0.3 is 0 Å². The minimum absolute atomic E-state index is 0.00105. The molecule has 0 aliphatic heterocycles. The van der Waals surface area contributed by atoms with Crippen molar-refractivity contribution < 1.29 is 20.4 Å². The van der Waals surface area contributed by atoms with E-state index in [4.69, 9.17) is 5.11 Å². The number of allylic oxidation sites excluding steroid dienone is 1. The van der Waals surface area contributed by atoms with E-state index in [0.29, 0.717) is 35.6 Å². The van der Waals surface area contributed by atoms with Gasteiger partial charge in [-0.1, -0.05) is 6.08 Å². The molecule has 0 aromatic heterocycles. The standard InChI is InChI=1S/C18H26N2O4/c1-4-19-17-11(2)13(22)10-14(23)16(17)18(3)6-5-12(9-15(18)24)20-7-8-21/h5-6,9-10,15,19-24H,4,7-8H2,1-3H3. The third kappa shape index (κ3) is 3.20. The molecule has 0 saturated carbocycles. The molecule has 2 atom stereocenters. The summed E-state index contributed by atoms with van der Waals surface area (Å²) in [6.07, 6.45) is 4.42. The van der Waals surface area contributed by atoms with E-state index in [1.54, 1.807) is 13.0 Å². The van der Waals surface area contributed by atoms with E-state index < -0.39 is 11.5 Å². The van der Waals surface area contributed by atoms with Crippen LogP contribution < -0.4 is 10.6 Å². The highest BCUT2D eigenvalue weighted by Gasteiger charge is 2.38. The van der Waals surface area contributed by atoms with Gasteiger partial charge in [-0.05, 0) is 32.9 Å². The second-order valence-corrected chi connectivity index (χ2v) is 6.15. The molecule has 0 spiro atoms. The van der Waals surface area contributed by atoms with Gasteiger partial charge in [0.25, 0.3) is 0 Å². The predicted molar refractivity (Wildman–Crippen MR) is 94.3 cm³/mol. The molecule has 0 heterocycles. The van der Waals surface area contributed by atoms with Gasteiger partial charge in [0.15, 0.2) is 0 Å². The number of anilines is 1. The highest BCUT2D eigenvalue weighted by atomic mass is 16.3. The molecule has 1 aromatic rings. The van der Waals surface area contributed by atoms with Crippen molar-refractivity contribution in [3.05, 3.63) is 41.1 Å². The third-order valence-electron chi connectivity index (χ3n) is 4.43. The van der Waals surface area contributed by atoms with Crippen LogP contribution in [0.3, 0.4) is 0 Å². The molecule has 0 saturated heterocycles. The van der Waals surface area contributed by atoms with Gasteiger partial charge in [-0.3, -0.25) is 0 Å². The Kier molecular flexibility index (Phi) is 5.41. The van der Waals surface area contributed by atoms with Crippen LogP contribution in [0, 0.1) is 6.92 Å². The number of hydrogen-bond donors (Lipinski definition) is 6. The van der Waals surface area contributed by atoms with E-state index in [1.165, 1.54) is 6.07 Å². The fourth-order valence-electron chi connectivity index (χ4n) is 3.01. The lowest BCUT2D eigenvalue weighted by atomic mass is 9.73. The van der Waals surface area contributed by atoms with E-state index in [0.717, 1.165) is 0 Å². The first-order valence-corrected chi connectivity index (χ1v) is 8.08. The van der Waals surface area contributed by atoms with Crippen molar-refractivity contribution in [2.45, 2.75) is 32.3 Å². The lowest BCUT2D eigenvalue weighted by molar-refractivity contribution is 0.155. The second kappa shape index (κ2) is 7.15. The van der Waals surface area contributed by atoms with Gasteiger partial charge in [-0.25, -0.2) is 0 Å². The number of phenolic OH excluding ortho intramolecular Hbond substituents is 2. The van der Waals surface area contributed by atoms with E-state index in [2.05, 4.69) is 10.6 Å². The van der Waals surface area contributed by atoms with Crippen LogP contribution in [-0.4, -0.2) is 46.2 Å². The lowest BCUT2D eigenvalue weighted by Crippen LogP contribution is -2.38. The molecule has 6 heteroatoms. The van der Waals surface area contributed by atoms with Crippen molar-refractivity contribution in [2.75, 3.05) is 25.0 Å². The van der Waals surface area contributed by atoms with Gasteiger partial charge in [-0.2, -0.15) is 0 Å². The molecular formula is C18H26N2O4. The maximum absolute atomic E-state index is 10.7. The molecule has 0 amide bonds. The van der Waals surface area contributed by atoms with Gasteiger partial charge in [0, 0.05) is 47.1 Å². The van der Waals surface area contributed by atoms with Crippen LogP contribution in [0.5, 0.6) is 11.5 Å². The fraction of sp³-hybridized carbons (Fsp3) is 0.444. The summed E-state index contributed by atoms with van der Waals surface area (Å²) in [6, 6.07) is 1.31. The Morgan fingerprint density at radius 1 is 1.21 bits per heavy atom. The molecule has 6 nitrogen and oxygen atoms in total. The maximum Gasteiger partial charge on any atom is 0.125 e. The molecule has 0 fully saturated rings. The van der Waals surface area contributed by atoms with Gasteiger partial charge in [0.1, 0.15) is 11.5 Å². The quantitative estimate of drug-likeness (QED) is 0.471. The van der Waals surface area contributed by atoms with Crippen molar-refractivity contribution in [1.29, 1.82) is 0 Å². The first-order chi connectivity index (χ1) is 11.3. The Morgan fingerprint density at radius 3 is 2.50 bits per heavy atom. The number of rotatable bonds is 6. The Hall–Kier alpha value is -2.18. The van der Waals surface area contributed by atoms with Gasteiger partial charge < -0.3 is 31.1 Å². The Labute approximate surface area is 142 Å². The molecule has 2 rings (SSSR count). The highest BCUT2D eigenvalue weighted by Crippen LogP contribution is 2.46. The normalized spacial score (nSPS) is 23.0. The molecule has 1 aliphatic carbocycles. The minimum Gasteiger partial charge on any atom is -0.507 e. The Bertz CT molecular complexity index is 669. The molecule has 1 aromatic carbocycles. The summed E-state index contributed by atoms with van der Waals surface area (Å²) in [4.78, 5) is 0. The Morgan fingerprint density at radius 2 is 1.92 bits per heavy atom. The van der Waals surface area contributed by atoms with Gasteiger partial charge in [0.2, 0.25) is 0 Å². The highest BCUT2D eigenvalue weighted by molar-refractivity contribution is 5.70. The zero-order chi connectivity index (χ0) is 17.9. The lowest BCUT2D eigenvalue weighted by Gasteiger charge is -2.36. The first kappa shape index (κ1) is 18.2. The van der Waals surface area contributed by atoms with Crippen LogP contribution in [0.2, 0.25) is 0 Å². The molecule has 0 bridgehead atoms. The number of aromatic hydroxyl groups is 2. The van der Waals surface area contributed by atoms with Crippen LogP contribution in [0.15, 0.2) is 30.0 Å². The predicted octanol–water partition coefficient (Wildman–Crippen LogP) is 1.49. The number of hydrogen-bond acceptors (Lipinski definition) is 6. The van der Waals surface area contributed by atoms with Crippen LogP contribution in [0.25, 0.3) is 0 Å². The third-order valence-corrected chi connectivity index (χ3v) is 4.43. The molecule has 0 radical (unpaired) electrons. The molecule has 1 aliphatic rings. The average molecular weight is 334 g/mol. The summed E-state index contributed by atoms with van der Waals surface area (Å²) in [5.74, 6) is -0.0636. The zero-order valence-electron chi connectivity index (χ0n) is 14.3. The minimum atomic E-state index is -0.879. The number of benzene rings is 1. The fourth-order valence-corrected chi connectivity index (χ4v) is 3.01. The number of aliphatic hydroxyl groups is 2. The first-order valence-electron chi connectivity index (χ1n) is 8.08. The molecule has 6 N–H and O–H groups in total. The second-order valence-electron chi connectivity index (χ2n) is 6.15. The maximum atomic E-state index is 10.7. The molecular weight excluding hydrogens is 308 g/mol. The SMILES string of the molecule is CCNc1c(C)c(O)cc(O)c1C1(C)C=CC(NCCO)=CC1O. The molecule has 2 unspecified atom stereocenters. The van der Waals surface area contributed by atoms with Crippen molar-refractivity contribution in [3.63, 3.8) is 0 Å². The van der Waals surface area contributed by atoms with Gasteiger partial charge in [0.05, 0.1) is 12.7 Å². The van der Waals surface area contributed by atoms with E-state index in [-0.39, 0.29) is 18.1 Å². The topological polar surface area (TPSA) is 105 Å². The van der Waals surface area contributed by atoms with Crippen LogP contribution in [0.1, 0.15) is 25.0 Å². The van der Waals surface area contributed by atoms with Crippen LogP contribution >= 0.6 is 0 Å².